The summed E-state index contributed by atoms with van der Waals surface area (Å²) in [6, 6.07) is -0.581. The van der Waals surface area contributed by atoms with Crippen LogP contribution in [0.2, 0.25) is 0 Å². The lowest BCUT2D eigenvalue weighted by Crippen LogP contribution is -2.45. The van der Waals surface area contributed by atoms with Crippen LogP contribution in [-0.4, -0.2) is 25.4 Å². The molecule has 0 radical (unpaired) electrons. The standard InChI is InChI=1S/C10H18N2O2/c1-11-10(14)12-9(7-13)8-5-3-2-4-6-8/h7-9H,2-6H2,1H3,(H2,11,12,14). The summed E-state index contributed by atoms with van der Waals surface area (Å²) in [6.45, 7) is 0. The van der Waals surface area contributed by atoms with Gasteiger partial charge >= 0.3 is 6.03 Å². The molecule has 2 N–H and O–H groups in total. The molecule has 1 unspecified atom stereocenters. The lowest BCUT2D eigenvalue weighted by Gasteiger charge is -2.26. The Kier molecular flexibility index (Phi) is 4.43. The second-order valence-corrected chi connectivity index (χ2v) is 3.78. The Morgan fingerprint density at radius 2 is 2.00 bits per heavy atom. The van der Waals surface area contributed by atoms with Gasteiger partial charge in [0.05, 0.1) is 6.04 Å². The number of aldehydes is 1. The van der Waals surface area contributed by atoms with Gasteiger partial charge in [-0.3, -0.25) is 0 Å². The van der Waals surface area contributed by atoms with Gasteiger partial charge in [-0.05, 0) is 18.8 Å². The molecule has 0 aromatic heterocycles. The first-order valence-electron chi connectivity index (χ1n) is 5.21. The van der Waals surface area contributed by atoms with Crippen LogP contribution in [0.1, 0.15) is 32.1 Å². The Bertz CT molecular complexity index is 200. The van der Waals surface area contributed by atoms with Crippen LogP contribution in [0.4, 0.5) is 4.79 Å². The van der Waals surface area contributed by atoms with E-state index in [4.69, 9.17) is 0 Å². The highest BCUT2D eigenvalue weighted by Gasteiger charge is 2.24. The molecule has 0 saturated heterocycles. The van der Waals surface area contributed by atoms with Gasteiger partial charge in [0.1, 0.15) is 6.29 Å². The van der Waals surface area contributed by atoms with E-state index in [0.29, 0.717) is 5.92 Å². The normalized spacial score (nSPS) is 19.8. The maximum atomic E-state index is 11.0. The first-order chi connectivity index (χ1) is 6.77. The monoisotopic (exact) mass is 198 g/mol. The fourth-order valence-electron chi connectivity index (χ4n) is 1.98. The quantitative estimate of drug-likeness (QED) is 0.666. The molecule has 0 aromatic carbocycles. The van der Waals surface area contributed by atoms with E-state index < -0.39 is 0 Å². The van der Waals surface area contributed by atoms with Gasteiger partial charge in [-0.15, -0.1) is 0 Å². The molecule has 1 rings (SSSR count). The van der Waals surface area contributed by atoms with Crippen LogP contribution < -0.4 is 10.6 Å². The number of hydrogen-bond acceptors (Lipinski definition) is 2. The predicted molar refractivity (Wildman–Crippen MR) is 54.0 cm³/mol. The van der Waals surface area contributed by atoms with Crippen LogP contribution in [0.15, 0.2) is 0 Å². The minimum Gasteiger partial charge on any atom is -0.341 e. The molecule has 14 heavy (non-hydrogen) atoms. The first-order valence-corrected chi connectivity index (χ1v) is 5.21. The number of rotatable bonds is 3. The topological polar surface area (TPSA) is 58.2 Å². The molecule has 0 bridgehead atoms. The lowest BCUT2D eigenvalue weighted by molar-refractivity contribution is -0.110. The minimum atomic E-state index is -0.310. The molecule has 80 valence electrons. The molecule has 4 nitrogen and oxygen atoms in total. The van der Waals surface area contributed by atoms with Crippen molar-refractivity contribution in [3.8, 4) is 0 Å². The molecule has 1 aliphatic carbocycles. The first kappa shape index (κ1) is 11.0. The summed E-state index contributed by atoms with van der Waals surface area (Å²) in [4.78, 5) is 21.9. The van der Waals surface area contributed by atoms with Crippen molar-refractivity contribution in [1.29, 1.82) is 0 Å². The van der Waals surface area contributed by atoms with Crippen molar-refractivity contribution in [3.05, 3.63) is 0 Å². The molecule has 0 aromatic rings. The predicted octanol–water partition coefficient (Wildman–Crippen LogP) is 1.06. The maximum absolute atomic E-state index is 11.0. The molecular weight excluding hydrogens is 180 g/mol. The van der Waals surface area contributed by atoms with Crippen LogP contribution >= 0.6 is 0 Å². The molecule has 1 atom stereocenters. The number of amides is 2. The highest BCUT2D eigenvalue weighted by molar-refractivity contribution is 5.77. The lowest BCUT2D eigenvalue weighted by atomic mass is 9.84. The van der Waals surface area contributed by atoms with Crippen LogP contribution in [0, 0.1) is 5.92 Å². The summed E-state index contributed by atoms with van der Waals surface area (Å²) in [5.41, 5.74) is 0. The Balaban J connectivity index is 2.43. The molecule has 1 saturated carbocycles. The molecule has 1 fully saturated rings. The molecule has 4 heteroatoms. The van der Waals surface area contributed by atoms with Crippen LogP contribution in [0.3, 0.4) is 0 Å². The third-order valence-corrected chi connectivity index (χ3v) is 2.83. The van der Waals surface area contributed by atoms with E-state index in [1.807, 2.05) is 0 Å². The average molecular weight is 198 g/mol. The van der Waals surface area contributed by atoms with Crippen molar-refractivity contribution in [2.75, 3.05) is 7.05 Å². The van der Waals surface area contributed by atoms with Gasteiger partial charge < -0.3 is 15.4 Å². The molecule has 2 amide bonds. The summed E-state index contributed by atoms with van der Waals surface area (Å²) in [5, 5.41) is 5.13. The molecular formula is C10H18N2O2. The molecule has 0 spiro atoms. The van der Waals surface area contributed by atoms with Crippen molar-refractivity contribution in [1.82, 2.24) is 10.6 Å². The molecule has 0 heterocycles. The number of carbonyl (C=O) groups is 2. The van der Waals surface area contributed by atoms with Gasteiger partial charge in [-0.1, -0.05) is 19.3 Å². The van der Waals surface area contributed by atoms with Gasteiger partial charge in [0.25, 0.3) is 0 Å². The molecule has 0 aliphatic heterocycles. The SMILES string of the molecule is CNC(=O)NC(C=O)C1CCCCC1. The van der Waals surface area contributed by atoms with Crippen LogP contribution in [0.5, 0.6) is 0 Å². The maximum Gasteiger partial charge on any atom is 0.315 e. The van der Waals surface area contributed by atoms with Gasteiger partial charge in [0.15, 0.2) is 0 Å². The van der Waals surface area contributed by atoms with Crippen LogP contribution in [-0.2, 0) is 4.79 Å². The fraction of sp³-hybridized carbons (Fsp3) is 0.800. The number of hydrogen-bond donors (Lipinski definition) is 2. The van der Waals surface area contributed by atoms with E-state index >= 15 is 0 Å². The van der Waals surface area contributed by atoms with Crippen molar-refractivity contribution < 1.29 is 9.59 Å². The number of carbonyl (C=O) groups excluding carboxylic acids is 2. The van der Waals surface area contributed by atoms with Gasteiger partial charge in [0, 0.05) is 7.05 Å². The van der Waals surface area contributed by atoms with Crippen molar-refractivity contribution in [2.45, 2.75) is 38.1 Å². The Hall–Kier alpha value is -1.06. The minimum absolute atomic E-state index is 0.271. The van der Waals surface area contributed by atoms with Gasteiger partial charge in [-0.25, -0.2) is 4.79 Å². The Labute approximate surface area is 84.4 Å². The van der Waals surface area contributed by atoms with Gasteiger partial charge in [0.2, 0.25) is 0 Å². The van der Waals surface area contributed by atoms with Crippen LogP contribution in [0.25, 0.3) is 0 Å². The van der Waals surface area contributed by atoms with Crippen molar-refractivity contribution >= 4 is 12.3 Å². The van der Waals surface area contributed by atoms with E-state index in [2.05, 4.69) is 10.6 Å². The smallest absolute Gasteiger partial charge is 0.315 e. The Morgan fingerprint density at radius 3 is 2.50 bits per heavy atom. The highest BCUT2D eigenvalue weighted by atomic mass is 16.2. The largest absolute Gasteiger partial charge is 0.341 e. The van der Waals surface area contributed by atoms with E-state index in [0.717, 1.165) is 19.1 Å². The second kappa shape index (κ2) is 5.62. The third kappa shape index (κ3) is 3.01. The van der Waals surface area contributed by atoms with E-state index in [1.54, 1.807) is 7.05 Å². The fourth-order valence-corrected chi connectivity index (χ4v) is 1.98. The summed E-state index contributed by atoms with van der Waals surface area (Å²) >= 11 is 0. The van der Waals surface area contributed by atoms with E-state index in [1.165, 1.54) is 19.3 Å². The second-order valence-electron chi connectivity index (χ2n) is 3.78. The molecule has 1 aliphatic rings. The zero-order valence-electron chi connectivity index (χ0n) is 8.58. The van der Waals surface area contributed by atoms with E-state index in [-0.39, 0.29) is 12.1 Å². The van der Waals surface area contributed by atoms with Crippen molar-refractivity contribution in [3.63, 3.8) is 0 Å². The zero-order chi connectivity index (χ0) is 10.4. The number of urea groups is 1. The highest BCUT2D eigenvalue weighted by Crippen LogP contribution is 2.25. The van der Waals surface area contributed by atoms with Crippen molar-refractivity contribution in [2.24, 2.45) is 5.92 Å². The number of nitrogens with one attached hydrogen (secondary N) is 2. The van der Waals surface area contributed by atoms with Gasteiger partial charge in [-0.2, -0.15) is 0 Å². The third-order valence-electron chi connectivity index (χ3n) is 2.83. The Morgan fingerprint density at radius 1 is 1.36 bits per heavy atom. The average Bonchev–Trinajstić information content (AvgIpc) is 2.26. The summed E-state index contributed by atoms with van der Waals surface area (Å²) in [5.74, 6) is 0.332. The zero-order valence-corrected chi connectivity index (χ0v) is 8.58. The summed E-state index contributed by atoms with van der Waals surface area (Å²) < 4.78 is 0. The van der Waals surface area contributed by atoms with E-state index in [9.17, 15) is 9.59 Å². The summed E-state index contributed by atoms with van der Waals surface area (Å²) in [6.07, 6.45) is 6.54. The summed E-state index contributed by atoms with van der Waals surface area (Å²) in [7, 11) is 1.55.